The Morgan fingerprint density at radius 2 is 1.81 bits per heavy atom. The van der Waals surface area contributed by atoms with Crippen LogP contribution >= 0.6 is 0 Å². The van der Waals surface area contributed by atoms with Gasteiger partial charge in [0.15, 0.2) is 0 Å². The van der Waals surface area contributed by atoms with Gasteiger partial charge in [-0.3, -0.25) is 0 Å². The third-order valence-corrected chi connectivity index (χ3v) is 4.87. The van der Waals surface area contributed by atoms with Gasteiger partial charge in [-0.2, -0.15) is 0 Å². The molecule has 3 aromatic rings. The van der Waals surface area contributed by atoms with Crippen molar-refractivity contribution in [3.8, 4) is 22.9 Å². The first-order chi connectivity index (χ1) is 12.6. The van der Waals surface area contributed by atoms with E-state index >= 15 is 0 Å². The molecule has 0 amide bonds. The van der Waals surface area contributed by atoms with Crippen LogP contribution in [0.25, 0.3) is 22.9 Å². The fraction of sp³-hybridized carbons (Fsp3) is 0.286. The molecule has 2 aromatic carbocycles. The van der Waals surface area contributed by atoms with E-state index in [1.807, 2.05) is 31.2 Å². The van der Waals surface area contributed by atoms with Gasteiger partial charge in [0, 0.05) is 11.1 Å². The first-order valence-electron chi connectivity index (χ1n) is 8.79. The van der Waals surface area contributed by atoms with Gasteiger partial charge in [-0.15, -0.1) is 10.2 Å². The molecule has 0 bridgehead atoms. The minimum atomic E-state index is -0.290. The summed E-state index contributed by atoms with van der Waals surface area (Å²) in [7, 11) is 0. The summed E-state index contributed by atoms with van der Waals surface area (Å²) in [5, 5.41) is 8.26. The van der Waals surface area contributed by atoms with Crippen LogP contribution in [0.1, 0.15) is 29.3 Å². The summed E-state index contributed by atoms with van der Waals surface area (Å²) in [6.45, 7) is 4.68. The van der Waals surface area contributed by atoms with Crippen molar-refractivity contribution in [2.45, 2.75) is 20.3 Å². The Morgan fingerprint density at radius 1 is 1.12 bits per heavy atom. The van der Waals surface area contributed by atoms with E-state index < -0.39 is 0 Å². The Labute approximate surface area is 152 Å². The molecule has 1 saturated carbocycles. The lowest BCUT2D eigenvalue weighted by Crippen LogP contribution is -2.07. The zero-order valence-electron chi connectivity index (χ0n) is 14.8. The molecule has 1 fully saturated rings. The Hall–Kier alpha value is -2.95. The highest BCUT2D eigenvalue weighted by Crippen LogP contribution is 2.37. The highest BCUT2D eigenvalue weighted by Gasteiger charge is 2.33. The number of aryl methyl sites for hydroxylation is 1. The van der Waals surface area contributed by atoms with Gasteiger partial charge in [0.25, 0.3) is 0 Å². The number of hydrogen-bond donors (Lipinski definition) is 0. The number of nitrogens with zero attached hydrogens (tertiary/aromatic N) is 2. The minimum Gasteiger partial charge on any atom is -0.462 e. The summed E-state index contributed by atoms with van der Waals surface area (Å²) in [5.74, 6) is 1.82. The van der Waals surface area contributed by atoms with E-state index in [-0.39, 0.29) is 5.97 Å². The molecule has 5 nitrogen and oxygen atoms in total. The summed E-state index contributed by atoms with van der Waals surface area (Å²) in [5.41, 5.74) is 3.29. The lowest BCUT2D eigenvalue weighted by Gasteiger charge is -2.04. The van der Waals surface area contributed by atoms with Gasteiger partial charge in [-0.05, 0) is 61.1 Å². The van der Waals surface area contributed by atoms with Crippen molar-refractivity contribution in [1.82, 2.24) is 10.2 Å². The van der Waals surface area contributed by atoms with Crippen molar-refractivity contribution in [2.75, 3.05) is 6.61 Å². The van der Waals surface area contributed by atoms with Gasteiger partial charge in [-0.1, -0.05) is 25.1 Å². The van der Waals surface area contributed by atoms with Gasteiger partial charge < -0.3 is 9.15 Å². The van der Waals surface area contributed by atoms with Crippen molar-refractivity contribution in [3.63, 3.8) is 0 Å². The fourth-order valence-corrected chi connectivity index (χ4v) is 2.91. The molecule has 1 aromatic heterocycles. The first kappa shape index (κ1) is 16.5. The molecule has 26 heavy (non-hydrogen) atoms. The number of ether oxygens (including phenoxy) is 1. The van der Waals surface area contributed by atoms with Crippen LogP contribution in [-0.2, 0) is 4.74 Å². The third-order valence-electron chi connectivity index (χ3n) is 4.87. The van der Waals surface area contributed by atoms with Gasteiger partial charge >= 0.3 is 5.97 Å². The van der Waals surface area contributed by atoms with E-state index in [9.17, 15) is 4.79 Å². The van der Waals surface area contributed by atoms with Gasteiger partial charge in [0.2, 0.25) is 11.8 Å². The van der Waals surface area contributed by atoms with Crippen molar-refractivity contribution < 1.29 is 13.9 Å². The van der Waals surface area contributed by atoms with Crippen molar-refractivity contribution in [1.29, 1.82) is 0 Å². The Bertz CT molecular complexity index is 930. The molecule has 0 radical (unpaired) electrons. The monoisotopic (exact) mass is 348 g/mol. The smallest absolute Gasteiger partial charge is 0.338 e. The molecule has 0 unspecified atom stereocenters. The Balaban J connectivity index is 1.47. The Morgan fingerprint density at radius 3 is 2.50 bits per heavy atom. The molecule has 0 aliphatic heterocycles. The van der Waals surface area contributed by atoms with Crippen LogP contribution in [0.15, 0.2) is 52.9 Å². The molecular formula is C21H20N2O3. The second-order valence-electron chi connectivity index (χ2n) is 6.88. The molecular weight excluding hydrogens is 328 g/mol. The van der Waals surface area contributed by atoms with Gasteiger partial charge in [0.05, 0.1) is 12.2 Å². The highest BCUT2D eigenvalue weighted by molar-refractivity contribution is 5.89. The predicted octanol–water partition coefficient (Wildman–Crippen LogP) is 4.52. The maximum atomic E-state index is 12.1. The van der Waals surface area contributed by atoms with E-state index in [0.717, 1.165) is 23.1 Å². The summed E-state index contributed by atoms with van der Waals surface area (Å²) in [6.07, 6.45) is 1.15. The average Bonchev–Trinajstić information content (AvgIpc) is 3.16. The van der Waals surface area contributed by atoms with Crippen LogP contribution in [0.5, 0.6) is 0 Å². The lowest BCUT2D eigenvalue weighted by molar-refractivity contribution is 0.0481. The zero-order valence-corrected chi connectivity index (χ0v) is 14.8. The van der Waals surface area contributed by atoms with E-state index in [4.69, 9.17) is 9.15 Å². The summed E-state index contributed by atoms with van der Waals surface area (Å²) >= 11 is 0. The topological polar surface area (TPSA) is 65.2 Å². The average molecular weight is 348 g/mol. The lowest BCUT2D eigenvalue weighted by atomic mass is 10.1. The molecule has 132 valence electrons. The van der Waals surface area contributed by atoms with Crippen LogP contribution in [0.2, 0.25) is 0 Å². The van der Waals surface area contributed by atoms with E-state index in [2.05, 4.69) is 17.1 Å². The number of rotatable bonds is 5. The predicted molar refractivity (Wildman–Crippen MR) is 97.5 cm³/mol. The molecule has 2 atom stereocenters. The maximum absolute atomic E-state index is 12.1. The summed E-state index contributed by atoms with van der Waals surface area (Å²) in [4.78, 5) is 12.1. The van der Waals surface area contributed by atoms with Crippen LogP contribution in [0.4, 0.5) is 0 Å². The number of carbonyl (C=O) groups is 1. The summed E-state index contributed by atoms with van der Waals surface area (Å²) < 4.78 is 11.2. The first-order valence-corrected chi connectivity index (χ1v) is 8.79. The highest BCUT2D eigenvalue weighted by atomic mass is 16.5. The van der Waals surface area contributed by atoms with Crippen molar-refractivity contribution in [3.05, 3.63) is 59.7 Å². The number of carbonyl (C=O) groups excluding carboxylic acids is 1. The zero-order chi connectivity index (χ0) is 18.1. The molecule has 0 N–H and O–H groups in total. The van der Waals surface area contributed by atoms with E-state index in [1.165, 1.54) is 0 Å². The molecule has 0 saturated heterocycles. The minimum absolute atomic E-state index is 0.290. The van der Waals surface area contributed by atoms with E-state index in [0.29, 0.717) is 35.8 Å². The molecule has 4 rings (SSSR count). The van der Waals surface area contributed by atoms with Crippen LogP contribution in [0, 0.1) is 18.8 Å². The second kappa shape index (κ2) is 6.75. The SMILES string of the molecule is Cc1ccccc1-c1nnc(-c2ccc(C(=O)OC[C@H]3C[C@@H]3C)cc2)o1. The van der Waals surface area contributed by atoms with Crippen LogP contribution in [-0.4, -0.2) is 22.8 Å². The standard InChI is InChI=1S/C21H20N2O3/c1-13-5-3-4-6-18(13)20-23-22-19(26-20)15-7-9-16(10-8-15)21(24)25-12-17-11-14(17)2/h3-10,14,17H,11-12H2,1-2H3/t14-,17+/m0/s1. The molecule has 1 aliphatic carbocycles. The van der Waals surface area contributed by atoms with Gasteiger partial charge in [0.1, 0.15) is 0 Å². The fourth-order valence-electron chi connectivity index (χ4n) is 2.91. The molecule has 0 spiro atoms. The Kier molecular flexibility index (Phi) is 4.29. The van der Waals surface area contributed by atoms with Gasteiger partial charge in [-0.25, -0.2) is 4.79 Å². The third kappa shape index (κ3) is 3.38. The quantitative estimate of drug-likeness (QED) is 0.634. The van der Waals surface area contributed by atoms with Crippen molar-refractivity contribution in [2.24, 2.45) is 11.8 Å². The normalized spacial score (nSPS) is 18.5. The number of benzene rings is 2. The number of aromatic nitrogens is 2. The largest absolute Gasteiger partial charge is 0.462 e. The second-order valence-corrected chi connectivity index (χ2v) is 6.88. The molecule has 1 heterocycles. The summed E-state index contributed by atoms with van der Waals surface area (Å²) in [6, 6.07) is 14.9. The van der Waals surface area contributed by atoms with Crippen molar-refractivity contribution >= 4 is 5.97 Å². The number of esters is 1. The molecule has 1 aliphatic rings. The van der Waals surface area contributed by atoms with Crippen LogP contribution in [0.3, 0.4) is 0 Å². The maximum Gasteiger partial charge on any atom is 0.338 e. The number of hydrogen-bond acceptors (Lipinski definition) is 5. The van der Waals surface area contributed by atoms with E-state index in [1.54, 1.807) is 24.3 Å². The molecule has 5 heteroatoms. The van der Waals surface area contributed by atoms with Crippen LogP contribution < -0.4 is 0 Å².